The molecule has 0 aliphatic carbocycles. The van der Waals surface area contributed by atoms with Crippen LogP contribution in [-0.2, 0) is 14.1 Å². The zero-order chi connectivity index (χ0) is 18.1. The minimum Gasteiger partial charge on any atom is -0.400 e. The molecule has 0 bridgehead atoms. The van der Waals surface area contributed by atoms with Crippen LogP contribution in [0.2, 0.25) is 5.02 Å². The number of halogens is 2. The molecule has 0 amide bonds. The lowest BCUT2D eigenvalue weighted by atomic mass is 9.78. The molecule has 1 aromatic rings. The highest BCUT2D eigenvalue weighted by Crippen LogP contribution is 2.39. The third-order valence-electron chi connectivity index (χ3n) is 4.30. The quantitative estimate of drug-likeness (QED) is 0.715. The number of carbonyl (C=O) groups excluding carboxylic acids is 1. The summed E-state index contributed by atoms with van der Waals surface area (Å²) < 4.78 is 26.1. The number of carbonyl (C=O) groups is 1. The largest absolute Gasteiger partial charge is 0.491 e. The Balaban J connectivity index is 2.37. The van der Waals surface area contributed by atoms with Gasteiger partial charge in [0.25, 0.3) is 0 Å². The lowest BCUT2D eigenvalue weighted by Gasteiger charge is -2.32. The normalized spacial score (nSPS) is 19.6. The summed E-state index contributed by atoms with van der Waals surface area (Å²) in [4.78, 5) is 11.4. The zero-order valence-electron chi connectivity index (χ0n) is 14.5. The van der Waals surface area contributed by atoms with Gasteiger partial charge in [-0.3, -0.25) is 4.79 Å². The summed E-state index contributed by atoms with van der Waals surface area (Å²) in [5.74, 6) is -0.0285. The smallest absolute Gasteiger partial charge is 0.400 e. The van der Waals surface area contributed by atoms with Gasteiger partial charge in [-0.25, -0.2) is 4.39 Å². The second kappa shape index (κ2) is 7.20. The van der Waals surface area contributed by atoms with Crippen LogP contribution < -0.4 is 0 Å². The van der Waals surface area contributed by atoms with Crippen LogP contribution in [0.5, 0.6) is 0 Å². The molecule has 1 heterocycles. The molecule has 0 atom stereocenters. The van der Waals surface area contributed by atoms with Gasteiger partial charge in [0.2, 0.25) is 0 Å². The second-order valence-corrected chi connectivity index (χ2v) is 8.34. The molecule has 0 aromatic heterocycles. The fraction of sp³-hybridized carbons (Fsp3) is 0.471. The topological polar surface area (TPSA) is 35.5 Å². The van der Waals surface area contributed by atoms with E-state index in [0.29, 0.717) is 21.8 Å². The van der Waals surface area contributed by atoms with E-state index in [1.54, 1.807) is 12.1 Å². The zero-order valence-corrected chi connectivity index (χ0v) is 16.1. The van der Waals surface area contributed by atoms with Crippen molar-refractivity contribution in [2.45, 2.75) is 45.8 Å². The van der Waals surface area contributed by atoms with Gasteiger partial charge in [-0.2, -0.15) is 0 Å². The van der Waals surface area contributed by atoms with Gasteiger partial charge in [0.1, 0.15) is 5.82 Å². The molecular weight excluding hydrogens is 350 g/mol. The van der Waals surface area contributed by atoms with Crippen molar-refractivity contribution >= 4 is 41.7 Å². The molecule has 0 spiro atoms. The molecule has 24 heavy (non-hydrogen) atoms. The third kappa shape index (κ3) is 4.42. The van der Waals surface area contributed by atoms with E-state index in [0.717, 1.165) is 11.8 Å². The van der Waals surface area contributed by atoms with Gasteiger partial charge >= 0.3 is 7.12 Å². The maximum atomic E-state index is 14.1. The van der Waals surface area contributed by atoms with Crippen molar-refractivity contribution in [1.29, 1.82) is 0 Å². The van der Waals surface area contributed by atoms with Crippen molar-refractivity contribution in [3.8, 4) is 0 Å². The van der Waals surface area contributed by atoms with Crippen LogP contribution in [0.1, 0.15) is 40.2 Å². The summed E-state index contributed by atoms with van der Waals surface area (Å²) in [5, 5.41) is 0.416. The Kier molecular flexibility index (Phi) is 5.85. The molecule has 1 fully saturated rings. The monoisotopic (exact) mass is 370 g/mol. The summed E-state index contributed by atoms with van der Waals surface area (Å²) in [7, 11) is -0.639. The molecule has 2 rings (SSSR count). The lowest BCUT2D eigenvalue weighted by Crippen LogP contribution is -2.41. The highest BCUT2D eigenvalue weighted by molar-refractivity contribution is 8.13. The molecule has 0 N–H and O–H groups in total. The van der Waals surface area contributed by atoms with Crippen LogP contribution in [0.3, 0.4) is 0 Å². The first kappa shape index (κ1) is 19.5. The highest BCUT2D eigenvalue weighted by atomic mass is 35.5. The minimum atomic E-state index is -0.639. The van der Waals surface area contributed by atoms with E-state index in [1.807, 2.05) is 27.7 Å². The maximum absolute atomic E-state index is 14.1. The van der Waals surface area contributed by atoms with Crippen LogP contribution in [0.4, 0.5) is 4.39 Å². The molecule has 7 heteroatoms. The fourth-order valence-electron chi connectivity index (χ4n) is 2.18. The lowest BCUT2D eigenvalue weighted by molar-refractivity contribution is -0.109. The second-order valence-electron chi connectivity index (χ2n) is 6.75. The SMILES string of the molecule is CC(=O)SCC(=Cc1cc(Cl)ccc1F)B1OC(C)(C)C(C)(C)O1. The number of hydrogen-bond donors (Lipinski definition) is 0. The first-order valence-electron chi connectivity index (χ1n) is 7.66. The molecule has 0 radical (unpaired) electrons. The van der Waals surface area contributed by atoms with Crippen LogP contribution in [0, 0.1) is 5.82 Å². The van der Waals surface area contributed by atoms with E-state index in [9.17, 15) is 9.18 Å². The average Bonchev–Trinajstić information content (AvgIpc) is 2.66. The Hall–Kier alpha value is -0.815. The Bertz CT molecular complexity index is 660. The molecule has 130 valence electrons. The van der Waals surface area contributed by atoms with E-state index in [2.05, 4.69) is 0 Å². The summed E-state index contributed by atoms with van der Waals surface area (Å²) in [5.41, 5.74) is 0.0149. The van der Waals surface area contributed by atoms with Gasteiger partial charge in [0.15, 0.2) is 5.12 Å². The summed E-state index contributed by atoms with van der Waals surface area (Å²) >= 11 is 7.09. The fourth-order valence-corrected chi connectivity index (χ4v) is 2.95. The predicted molar refractivity (Wildman–Crippen MR) is 98.6 cm³/mol. The minimum absolute atomic E-state index is 0.0241. The van der Waals surface area contributed by atoms with Crippen molar-refractivity contribution in [2.75, 3.05) is 5.75 Å². The number of hydrogen-bond acceptors (Lipinski definition) is 4. The Morgan fingerprint density at radius 3 is 2.42 bits per heavy atom. The number of rotatable bonds is 4. The van der Waals surface area contributed by atoms with Crippen molar-refractivity contribution < 1.29 is 18.5 Å². The standard InChI is InChI=1S/C17H21BClFO3S/c1-11(21)24-10-13(8-12-9-14(19)6-7-15(12)20)18-22-16(2,3)17(4,5)23-18/h6-9H,10H2,1-5H3. The molecular formula is C17H21BClFO3S. The van der Waals surface area contributed by atoms with Crippen LogP contribution >= 0.6 is 23.4 Å². The Labute approximate surface area is 152 Å². The van der Waals surface area contributed by atoms with E-state index in [1.165, 1.54) is 19.1 Å². The number of thioether (sulfide) groups is 1. The van der Waals surface area contributed by atoms with E-state index in [4.69, 9.17) is 20.9 Å². The van der Waals surface area contributed by atoms with Crippen LogP contribution in [0.15, 0.2) is 23.7 Å². The molecule has 1 saturated heterocycles. The van der Waals surface area contributed by atoms with Crippen molar-refractivity contribution in [2.24, 2.45) is 0 Å². The molecule has 3 nitrogen and oxygen atoms in total. The van der Waals surface area contributed by atoms with Gasteiger partial charge in [-0.1, -0.05) is 29.4 Å². The van der Waals surface area contributed by atoms with Gasteiger partial charge in [0, 0.05) is 23.3 Å². The van der Waals surface area contributed by atoms with Crippen molar-refractivity contribution in [3.63, 3.8) is 0 Å². The number of benzene rings is 1. The predicted octanol–water partition coefficient (Wildman–Crippen LogP) is 4.77. The van der Waals surface area contributed by atoms with Crippen LogP contribution in [-0.4, -0.2) is 29.2 Å². The van der Waals surface area contributed by atoms with E-state index >= 15 is 0 Å². The first-order chi connectivity index (χ1) is 11.0. The van der Waals surface area contributed by atoms with Crippen molar-refractivity contribution in [1.82, 2.24) is 0 Å². The van der Waals surface area contributed by atoms with E-state index < -0.39 is 18.3 Å². The van der Waals surface area contributed by atoms with Gasteiger partial charge < -0.3 is 9.31 Å². The van der Waals surface area contributed by atoms with Gasteiger partial charge in [0.05, 0.1) is 11.2 Å². The van der Waals surface area contributed by atoms with Crippen LogP contribution in [0.25, 0.3) is 6.08 Å². The molecule has 1 aliphatic heterocycles. The first-order valence-corrected chi connectivity index (χ1v) is 9.03. The maximum Gasteiger partial charge on any atom is 0.491 e. The highest BCUT2D eigenvalue weighted by Gasteiger charge is 2.52. The molecule has 0 unspecified atom stereocenters. The summed E-state index contributed by atoms with van der Waals surface area (Å²) in [6.07, 6.45) is 1.65. The third-order valence-corrected chi connectivity index (χ3v) is 5.42. The van der Waals surface area contributed by atoms with Gasteiger partial charge in [-0.05, 0) is 51.4 Å². The average molecular weight is 371 g/mol. The molecule has 1 aliphatic rings. The Morgan fingerprint density at radius 2 is 1.88 bits per heavy atom. The Morgan fingerprint density at radius 1 is 1.29 bits per heavy atom. The summed E-state index contributed by atoms with van der Waals surface area (Å²) in [6.45, 7) is 9.28. The molecule has 0 saturated carbocycles. The molecule has 1 aromatic carbocycles. The van der Waals surface area contributed by atoms with Gasteiger partial charge in [-0.15, -0.1) is 0 Å². The van der Waals surface area contributed by atoms with Crippen molar-refractivity contribution in [3.05, 3.63) is 40.1 Å². The van der Waals surface area contributed by atoms with E-state index in [-0.39, 0.29) is 10.9 Å². The summed E-state index contributed by atoms with van der Waals surface area (Å²) in [6, 6.07) is 4.35.